The summed E-state index contributed by atoms with van der Waals surface area (Å²) in [5.41, 5.74) is 8.70. The van der Waals surface area contributed by atoms with Gasteiger partial charge in [-0.05, 0) is 50.0 Å². The zero-order chi connectivity index (χ0) is 22.8. The Morgan fingerprint density at radius 2 is 2.06 bits per heavy atom. The fraction of sp³-hybridized carbons (Fsp3) is 0.560. The maximum Gasteiger partial charge on any atom is 0.407 e. The van der Waals surface area contributed by atoms with E-state index in [2.05, 4.69) is 47.5 Å². The van der Waals surface area contributed by atoms with Crippen LogP contribution in [0.3, 0.4) is 0 Å². The number of hydrogen-bond donors (Lipinski definition) is 2. The van der Waals surface area contributed by atoms with Crippen LogP contribution in [0.1, 0.15) is 59.4 Å². The second kappa shape index (κ2) is 9.35. The van der Waals surface area contributed by atoms with E-state index in [-0.39, 0.29) is 18.2 Å². The zero-order valence-corrected chi connectivity index (χ0v) is 19.5. The molecule has 1 aliphatic rings. The van der Waals surface area contributed by atoms with Gasteiger partial charge in [0, 0.05) is 18.0 Å². The average Bonchev–Trinajstić information content (AvgIpc) is 3.20. The molecule has 0 saturated heterocycles. The maximum absolute atomic E-state index is 12.5. The van der Waals surface area contributed by atoms with Crippen LogP contribution in [0.4, 0.5) is 10.6 Å². The van der Waals surface area contributed by atoms with E-state index >= 15 is 0 Å². The first-order chi connectivity index (χ1) is 15.3. The second-order valence-electron chi connectivity index (χ2n) is 9.70. The number of carbonyl (C=O) groups excluding carboxylic acids is 1. The smallest absolute Gasteiger partial charge is 0.407 e. The van der Waals surface area contributed by atoms with Gasteiger partial charge in [0.2, 0.25) is 0 Å². The van der Waals surface area contributed by atoms with Crippen molar-refractivity contribution in [2.75, 3.05) is 12.3 Å². The molecule has 4 rings (SSSR count). The SMILES string of the molecule is CC1CCC(C(C)C)C(OC(=O)NCCC(C)n2cnc3c(N)nc4ccccc4c32)C1. The Hall–Kier alpha value is -2.83. The van der Waals surface area contributed by atoms with Gasteiger partial charge in [-0.3, -0.25) is 0 Å². The van der Waals surface area contributed by atoms with Crippen LogP contribution < -0.4 is 11.1 Å². The van der Waals surface area contributed by atoms with Crippen LogP contribution in [-0.4, -0.2) is 33.3 Å². The largest absolute Gasteiger partial charge is 0.446 e. The Kier molecular flexibility index (Phi) is 6.53. The molecule has 3 aromatic rings. The van der Waals surface area contributed by atoms with E-state index < -0.39 is 0 Å². The highest BCUT2D eigenvalue weighted by Gasteiger charge is 2.33. The molecular weight excluding hydrogens is 402 g/mol. The summed E-state index contributed by atoms with van der Waals surface area (Å²) in [6.07, 6.45) is 5.58. The number of carbonyl (C=O) groups is 1. The van der Waals surface area contributed by atoms with Crippen molar-refractivity contribution in [3.8, 4) is 0 Å². The maximum atomic E-state index is 12.5. The molecule has 0 spiro atoms. The zero-order valence-electron chi connectivity index (χ0n) is 19.5. The number of ether oxygens (including phenoxy) is 1. The summed E-state index contributed by atoms with van der Waals surface area (Å²) in [5.74, 6) is 2.01. The number of nitrogens with one attached hydrogen (secondary N) is 1. The highest BCUT2D eigenvalue weighted by Crippen LogP contribution is 2.35. The van der Waals surface area contributed by atoms with Gasteiger partial charge in [0.25, 0.3) is 0 Å². The molecule has 7 nitrogen and oxygen atoms in total. The minimum atomic E-state index is -0.309. The van der Waals surface area contributed by atoms with E-state index in [1.165, 1.54) is 6.42 Å². The summed E-state index contributed by atoms with van der Waals surface area (Å²) in [5, 5.41) is 3.99. The van der Waals surface area contributed by atoms with Crippen LogP contribution in [0, 0.1) is 17.8 Å². The lowest BCUT2D eigenvalue weighted by Crippen LogP contribution is -2.39. The topological polar surface area (TPSA) is 95.1 Å². The van der Waals surface area contributed by atoms with E-state index in [4.69, 9.17) is 10.5 Å². The summed E-state index contributed by atoms with van der Waals surface area (Å²) >= 11 is 0. The summed E-state index contributed by atoms with van der Waals surface area (Å²) in [6.45, 7) is 9.34. The Bertz CT molecular complexity index is 1090. The number of anilines is 1. The molecule has 1 aliphatic carbocycles. The molecule has 0 aliphatic heterocycles. The predicted molar refractivity (Wildman–Crippen MR) is 128 cm³/mol. The molecule has 4 atom stereocenters. The van der Waals surface area contributed by atoms with Crippen molar-refractivity contribution in [3.05, 3.63) is 30.6 Å². The first-order valence-corrected chi connectivity index (χ1v) is 11.8. The highest BCUT2D eigenvalue weighted by molar-refractivity contribution is 6.06. The predicted octanol–water partition coefficient (Wildman–Crippen LogP) is 5.30. The third-order valence-corrected chi connectivity index (χ3v) is 6.96. The number of benzene rings is 1. The first-order valence-electron chi connectivity index (χ1n) is 11.8. The molecule has 1 fully saturated rings. The van der Waals surface area contributed by atoms with Gasteiger partial charge in [0.1, 0.15) is 11.6 Å². The lowest BCUT2D eigenvalue weighted by Gasteiger charge is -2.36. The fourth-order valence-corrected chi connectivity index (χ4v) is 5.06. The Labute approximate surface area is 189 Å². The number of alkyl carbamates (subject to hydrolysis) is 1. The quantitative estimate of drug-likeness (QED) is 0.545. The minimum Gasteiger partial charge on any atom is -0.446 e. The van der Waals surface area contributed by atoms with Crippen molar-refractivity contribution in [2.24, 2.45) is 17.8 Å². The molecule has 0 radical (unpaired) electrons. The number of rotatable bonds is 6. The van der Waals surface area contributed by atoms with Crippen LogP contribution in [0.25, 0.3) is 21.9 Å². The van der Waals surface area contributed by atoms with E-state index in [9.17, 15) is 4.79 Å². The van der Waals surface area contributed by atoms with Crippen molar-refractivity contribution in [1.82, 2.24) is 19.9 Å². The lowest BCUT2D eigenvalue weighted by molar-refractivity contribution is 0.00617. The van der Waals surface area contributed by atoms with Crippen molar-refractivity contribution in [3.63, 3.8) is 0 Å². The van der Waals surface area contributed by atoms with Crippen molar-refractivity contribution < 1.29 is 9.53 Å². The number of pyridine rings is 1. The number of para-hydroxylation sites is 1. The molecule has 0 bridgehead atoms. The number of amides is 1. The van der Waals surface area contributed by atoms with E-state index in [1.807, 2.05) is 30.6 Å². The highest BCUT2D eigenvalue weighted by atomic mass is 16.6. The van der Waals surface area contributed by atoms with Crippen LogP contribution in [0.2, 0.25) is 0 Å². The third-order valence-electron chi connectivity index (χ3n) is 6.96. The molecule has 1 aromatic carbocycles. The summed E-state index contributed by atoms with van der Waals surface area (Å²) < 4.78 is 7.98. The number of nitrogen functional groups attached to an aromatic ring is 1. The Morgan fingerprint density at radius 1 is 1.28 bits per heavy atom. The number of hydrogen-bond acceptors (Lipinski definition) is 5. The standard InChI is InChI=1S/C25H35N5O2/c1-15(2)18-10-9-16(3)13-21(18)32-25(31)27-12-11-17(4)30-14-28-22-23(30)19-7-5-6-8-20(19)29-24(22)26/h5-8,14-18,21H,9-13H2,1-4H3,(H2,26,29)(H,27,31). The van der Waals surface area contributed by atoms with E-state index in [1.54, 1.807) is 0 Å². The summed E-state index contributed by atoms with van der Waals surface area (Å²) in [7, 11) is 0. The minimum absolute atomic E-state index is 0.00982. The molecular formula is C25H35N5O2. The van der Waals surface area contributed by atoms with Crippen LogP contribution >= 0.6 is 0 Å². The molecule has 1 amide bonds. The number of nitrogens with two attached hydrogens (primary N) is 1. The second-order valence-corrected chi connectivity index (χ2v) is 9.70. The van der Waals surface area contributed by atoms with Gasteiger partial charge in [-0.25, -0.2) is 14.8 Å². The molecule has 3 N–H and O–H groups in total. The van der Waals surface area contributed by atoms with E-state index in [0.717, 1.165) is 35.7 Å². The van der Waals surface area contributed by atoms with Gasteiger partial charge in [0.05, 0.1) is 17.4 Å². The van der Waals surface area contributed by atoms with Crippen molar-refractivity contribution in [1.29, 1.82) is 0 Å². The first kappa shape index (κ1) is 22.4. The monoisotopic (exact) mass is 437 g/mol. The van der Waals surface area contributed by atoms with Gasteiger partial charge >= 0.3 is 6.09 Å². The lowest BCUT2D eigenvalue weighted by atomic mass is 9.75. The van der Waals surface area contributed by atoms with Crippen molar-refractivity contribution in [2.45, 2.75) is 65.5 Å². The van der Waals surface area contributed by atoms with Crippen LogP contribution in [0.5, 0.6) is 0 Å². The Balaban J connectivity index is 1.39. The normalized spacial score (nSPS) is 22.3. The molecule has 32 heavy (non-hydrogen) atoms. The van der Waals surface area contributed by atoms with Gasteiger partial charge in [-0.1, -0.05) is 45.4 Å². The number of aromatic nitrogens is 3. The Morgan fingerprint density at radius 3 is 2.84 bits per heavy atom. The summed E-state index contributed by atoms with van der Waals surface area (Å²) in [4.78, 5) is 21.5. The molecule has 172 valence electrons. The molecule has 2 aromatic heterocycles. The van der Waals surface area contributed by atoms with Gasteiger partial charge in [0.15, 0.2) is 5.82 Å². The number of fused-ring (bicyclic) bond motifs is 3. The number of nitrogens with zero attached hydrogens (tertiary/aromatic N) is 3. The summed E-state index contributed by atoms with van der Waals surface area (Å²) in [6, 6.07) is 8.08. The van der Waals surface area contributed by atoms with E-state index in [0.29, 0.717) is 35.6 Å². The van der Waals surface area contributed by atoms with Gasteiger partial charge in [-0.2, -0.15) is 0 Å². The van der Waals surface area contributed by atoms with Crippen LogP contribution in [0.15, 0.2) is 30.6 Å². The molecule has 4 unspecified atom stereocenters. The number of imidazole rings is 1. The average molecular weight is 438 g/mol. The molecule has 7 heteroatoms. The molecule has 1 saturated carbocycles. The van der Waals surface area contributed by atoms with Crippen LogP contribution in [-0.2, 0) is 4.74 Å². The van der Waals surface area contributed by atoms with Crippen molar-refractivity contribution >= 4 is 33.8 Å². The van der Waals surface area contributed by atoms with Gasteiger partial charge < -0.3 is 20.4 Å². The van der Waals surface area contributed by atoms with Gasteiger partial charge in [-0.15, -0.1) is 0 Å². The third kappa shape index (κ3) is 4.52. The molecule has 2 heterocycles. The fourth-order valence-electron chi connectivity index (χ4n) is 5.06.